The molecule has 2 heterocycles. The number of rotatable bonds is 5. The van der Waals surface area contributed by atoms with E-state index in [9.17, 15) is 9.59 Å². The molecule has 1 aliphatic heterocycles. The van der Waals surface area contributed by atoms with E-state index >= 15 is 0 Å². The van der Waals surface area contributed by atoms with Gasteiger partial charge in [-0.15, -0.1) is 0 Å². The molecule has 2 amide bonds. The number of nitrogens with one attached hydrogen (secondary N) is 1. The van der Waals surface area contributed by atoms with Gasteiger partial charge in [0.2, 0.25) is 0 Å². The molecule has 0 saturated heterocycles. The van der Waals surface area contributed by atoms with Crippen LogP contribution in [0.15, 0.2) is 34.9 Å². The lowest BCUT2D eigenvalue weighted by Gasteiger charge is -2.26. The van der Waals surface area contributed by atoms with Crippen molar-refractivity contribution in [2.24, 2.45) is 5.92 Å². The third-order valence-electron chi connectivity index (χ3n) is 5.00. The second-order valence-electron chi connectivity index (χ2n) is 8.76. The minimum atomic E-state index is -0.520. The Kier molecular flexibility index (Phi) is 6.85. The number of alkyl carbamates (subject to hydrolysis) is 1. The third-order valence-corrected chi connectivity index (χ3v) is 5.49. The Morgan fingerprint density at radius 2 is 2.13 bits per heavy atom. The van der Waals surface area contributed by atoms with Gasteiger partial charge in [-0.05, 0) is 57.2 Å². The van der Waals surface area contributed by atoms with Crippen molar-refractivity contribution in [2.45, 2.75) is 52.3 Å². The summed E-state index contributed by atoms with van der Waals surface area (Å²) in [7, 11) is 1.80. The van der Waals surface area contributed by atoms with Crippen molar-refractivity contribution in [3.63, 3.8) is 0 Å². The van der Waals surface area contributed by atoms with Gasteiger partial charge < -0.3 is 15.0 Å². The number of nitrogens with zero attached hydrogens (tertiary/aromatic N) is 3. The summed E-state index contributed by atoms with van der Waals surface area (Å²) in [5.41, 5.74) is 2.10. The van der Waals surface area contributed by atoms with Gasteiger partial charge in [0.25, 0.3) is 5.91 Å². The van der Waals surface area contributed by atoms with Gasteiger partial charge in [0.1, 0.15) is 5.60 Å². The maximum atomic E-state index is 13.1. The maximum absolute atomic E-state index is 13.1. The number of carbonyl (C=O) groups excluding carboxylic acids is 2. The molecule has 30 heavy (non-hydrogen) atoms. The summed E-state index contributed by atoms with van der Waals surface area (Å²) in [5, 5.41) is 7.26. The smallest absolute Gasteiger partial charge is 0.407 e. The fourth-order valence-corrected chi connectivity index (χ4v) is 4.03. The van der Waals surface area contributed by atoms with Gasteiger partial charge in [-0.1, -0.05) is 28.1 Å². The number of carbonyl (C=O) groups is 2. The molecule has 1 aromatic carbocycles. The molecule has 0 bridgehead atoms. The number of halogens is 1. The van der Waals surface area contributed by atoms with Crippen LogP contribution in [-0.2, 0) is 24.2 Å². The van der Waals surface area contributed by atoms with Gasteiger partial charge in [0, 0.05) is 31.2 Å². The van der Waals surface area contributed by atoms with Crippen molar-refractivity contribution in [1.82, 2.24) is 20.0 Å². The summed E-state index contributed by atoms with van der Waals surface area (Å²) in [4.78, 5) is 26.7. The number of aromatic nitrogens is 2. The molecule has 8 heteroatoms. The van der Waals surface area contributed by atoms with Crippen LogP contribution >= 0.6 is 15.9 Å². The Balaban J connectivity index is 1.62. The predicted molar refractivity (Wildman–Crippen MR) is 118 cm³/mol. The van der Waals surface area contributed by atoms with Crippen molar-refractivity contribution in [1.29, 1.82) is 0 Å². The molecule has 1 unspecified atom stereocenters. The van der Waals surface area contributed by atoms with Crippen molar-refractivity contribution in [3.8, 4) is 0 Å². The quantitative estimate of drug-likeness (QED) is 0.707. The zero-order valence-electron chi connectivity index (χ0n) is 17.9. The van der Waals surface area contributed by atoms with Crippen LogP contribution in [0.3, 0.4) is 0 Å². The molecule has 0 spiro atoms. The molecule has 1 N–H and O–H groups in total. The Labute approximate surface area is 185 Å². The fraction of sp³-hybridized carbons (Fsp3) is 0.500. The second-order valence-corrected chi connectivity index (χ2v) is 9.68. The molecule has 0 saturated carbocycles. The maximum Gasteiger partial charge on any atom is 0.407 e. The number of fused-ring (bicyclic) bond motifs is 1. The zero-order chi connectivity index (χ0) is 21.9. The lowest BCUT2D eigenvalue weighted by molar-refractivity contribution is 0.0515. The molecule has 0 radical (unpaired) electrons. The number of aryl methyl sites for hydroxylation is 1. The molecule has 1 aromatic heterocycles. The first-order valence-electron chi connectivity index (χ1n) is 10.1. The van der Waals surface area contributed by atoms with E-state index in [1.807, 2.05) is 49.7 Å². The molecule has 3 rings (SSSR count). The van der Waals surface area contributed by atoms with Gasteiger partial charge in [-0.2, -0.15) is 5.10 Å². The van der Waals surface area contributed by atoms with Gasteiger partial charge in [0.05, 0.1) is 17.5 Å². The van der Waals surface area contributed by atoms with E-state index in [0.29, 0.717) is 25.1 Å². The topological polar surface area (TPSA) is 76.5 Å². The fourth-order valence-electron chi connectivity index (χ4n) is 3.58. The summed E-state index contributed by atoms with van der Waals surface area (Å²) >= 11 is 3.47. The largest absolute Gasteiger partial charge is 0.444 e. The average molecular weight is 477 g/mol. The standard InChI is InChI=1S/C22H29BrN4O3/c1-22(2,3)30-21(29)24-12-15-8-9-27-19(11-15)18(13-25-27)20(28)26(4)14-16-6-5-7-17(23)10-16/h5-7,10,13,15H,8-9,11-12,14H2,1-4H3,(H,24,29). The summed E-state index contributed by atoms with van der Waals surface area (Å²) in [6, 6.07) is 7.93. The van der Waals surface area contributed by atoms with E-state index in [1.54, 1.807) is 18.1 Å². The van der Waals surface area contributed by atoms with Crippen LogP contribution in [0.4, 0.5) is 4.79 Å². The normalized spacial score (nSPS) is 16.0. The molecule has 162 valence electrons. The number of ether oxygens (including phenoxy) is 1. The Hall–Kier alpha value is -2.35. The number of hydrogen-bond donors (Lipinski definition) is 1. The van der Waals surface area contributed by atoms with Crippen LogP contribution in [0, 0.1) is 5.92 Å². The van der Waals surface area contributed by atoms with Crippen LogP contribution in [0.25, 0.3) is 0 Å². The summed E-state index contributed by atoms with van der Waals surface area (Å²) < 4.78 is 8.21. The molecule has 1 atom stereocenters. The SMILES string of the molecule is CN(Cc1cccc(Br)c1)C(=O)c1cnn2c1CC(CNC(=O)OC(C)(C)C)CC2. The van der Waals surface area contributed by atoms with Gasteiger partial charge in [-0.3, -0.25) is 9.48 Å². The lowest BCUT2D eigenvalue weighted by atomic mass is 9.94. The first kappa shape index (κ1) is 22.3. The Morgan fingerprint density at radius 1 is 1.37 bits per heavy atom. The number of benzene rings is 1. The minimum Gasteiger partial charge on any atom is -0.444 e. The highest BCUT2D eigenvalue weighted by Crippen LogP contribution is 2.24. The molecule has 1 aliphatic rings. The number of hydrogen-bond acceptors (Lipinski definition) is 4. The highest BCUT2D eigenvalue weighted by molar-refractivity contribution is 9.10. The monoisotopic (exact) mass is 476 g/mol. The van der Waals surface area contributed by atoms with E-state index in [1.165, 1.54) is 0 Å². The van der Waals surface area contributed by atoms with E-state index in [0.717, 1.165) is 28.7 Å². The van der Waals surface area contributed by atoms with E-state index in [-0.39, 0.29) is 11.8 Å². The van der Waals surface area contributed by atoms with E-state index in [4.69, 9.17) is 4.74 Å². The minimum absolute atomic E-state index is 0.0445. The van der Waals surface area contributed by atoms with Crippen LogP contribution in [0.1, 0.15) is 48.8 Å². The van der Waals surface area contributed by atoms with Crippen molar-refractivity contribution in [3.05, 3.63) is 51.8 Å². The van der Waals surface area contributed by atoms with Crippen molar-refractivity contribution >= 4 is 27.9 Å². The Bertz CT molecular complexity index is 919. The van der Waals surface area contributed by atoms with E-state index < -0.39 is 11.7 Å². The second kappa shape index (κ2) is 9.20. The third kappa shape index (κ3) is 5.84. The highest BCUT2D eigenvalue weighted by atomic mass is 79.9. The first-order valence-corrected chi connectivity index (χ1v) is 10.9. The Morgan fingerprint density at radius 3 is 2.83 bits per heavy atom. The summed E-state index contributed by atoms with van der Waals surface area (Å²) in [6.07, 6.45) is 2.85. The predicted octanol–water partition coefficient (Wildman–Crippen LogP) is 4.00. The lowest BCUT2D eigenvalue weighted by Crippen LogP contribution is -2.37. The molecular formula is C22H29BrN4O3. The van der Waals surface area contributed by atoms with Crippen molar-refractivity contribution < 1.29 is 14.3 Å². The van der Waals surface area contributed by atoms with Gasteiger partial charge >= 0.3 is 6.09 Å². The highest BCUT2D eigenvalue weighted by Gasteiger charge is 2.27. The molecule has 0 aliphatic carbocycles. The van der Waals surface area contributed by atoms with Gasteiger partial charge in [-0.25, -0.2) is 4.79 Å². The van der Waals surface area contributed by atoms with Crippen LogP contribution in [-0.4, -0.2) is 45.9 Å². The molecular weight excluding hydrogens is 448 g/mol. The first-order chi connectivity index (χ1) is 14.1. The molecule has 7 nitrogen and oxygen atoms in total. The van der Waals surface area contributed by atoms with Crippen molar-refractivity contribution in [2.75, 3.05) is 13.6 Å². The van der Waals surface area contributed by atoms with Crippen LogP contribution < -0.4 is 5.32 Å². The zero-order valence-corrected chi connectivity index (χ0v) is 19.5. The van der Waals surface area contributed by atoms with Crippen LogP contribution in [0.5, 0.6) is 0 Å². The van der Waals surface area contributed by atoms with E-state index in [2.05, 4.69) is 26.3 Å². The summed E-state index contributed by atoms with van der Waals surface area (Å²) in [6.45, 7) is 7.30. The van der Waals surface area contributed by atoms with Gasteiger partial charge in [0.15, 0.2) is 0 Å². The van der Waals surface area contributed by atoms with Crippen LogP contribution in [0.2, 0.25) is 0 Å². The summed E-state index contributed by atoms with van der Waals surface area (Å²) in [5.74, 6) is 0.195. The average Bonchev–Trinajstić information content (AvgIpc) is 3.07. The molecule has 0 fully saturated rings. The molecule has 2 aromatic rings. The number of amides is 2.